The molecule has 2 aromatic carbocycles. The Morgan fingerprint density at radius 1 is 1.03 bits per heavy atom. The lowest BCUT2D eigenvalue weighted by Crippen LogP contribution is -1.93. The number of nitro benzene ring substituents is 1. The highest BCUT2D eigenvalue weighted by Gasteiger charge is 2.20. The van der Waals surface area contributed by atoms with Gasteiger partial charge in [0.05, 0.1) is 29.0 Å². The monoisotopic (exact) mass is 390 g/mol. The normalized spacial score (nSPS) is 10.7. The van der Waals surface area contributed by atoms with Gasteiger partial charge in [-0.3, -0.25) is 15.1 Å². The third-order valence-electron chi connectivity index (χ3n) is 4.44. The third-order valence-corrected chi connectivity index (χ3v) is 4.44. The number of imidazole rings is 1. The van der Waals surface area contributed by atoms with Crippen molar-refractivity contribution in [3.63, 3.8) is 0 Å². The summed E-state index contributed by atoms with van der Waals surface area (Å²) in [6, 6.07) is 13.9. The summed E-state index contributed by atoms with van der Waals surface area (Å²) in [6.07, 6.45) is 3.30. The fraction of sp³-hybridized carbons (Fsp3) is 0.0476. The van der Waals surface area contributed by atoms with Gasteiger partial charge in [-0.05, 0) is 42.5 Å². The number of ether oxygens (including phenoxy) is 1. The lowest BCUT2D eigenvalue weighted by molar-refractivity contribution is -0.384. The van der Waals surface area contributed by atoms with Gasteiger partial charge in [-0.1, -0.05) is 0 Å². The van der Waals surface area contributed by atoms with E-state index in [0.717, 1.165) is 5.56 Å². The number of H-pyrrole nitrogens is 1. The lowest BCUT2D eigenvalue weighted by Gasteiger charge is -2.05. The van der Waals surface area contributed by atoms with Crippen LogP contribution in [0.3, 0.4) is 0 Å². The van der Waals surface area contributed by atoms with Crippen LogP contribution in [0.4, 0.5) is 10.1 Å². The summed E-state index contributed by atoms with van der Waals surface area (Å²) in [7, 11) is 1.48. The molecule has 0 unspecified atom stereocenters. The topological polar surface area (TPSA) is 93.9 Å². The summed E-state index contributed by atoms with van der Waals surface area (Å²) in [5, 5.41) is 11.2. The molecule has 0 aliphatic rings. The molecule has 0 radical (unpaired) electrons. The van der Waals surface area contributed by atoms with E-state index in [1.807, 2.05) is 12.1 Å². The van der Waals surface area contributed by atoms with Crippen molar-refractivity contribution in [3.8, 4) is 39.7 Å². The Hall–Kier alpha value is -4.07. The second-order valence-electron chi connectivity index (χ2n) is 6.19. The van der Waals surface area contributed by atoms with E-state index in [1.165, 1.54) is 37.4 Å². The van der Waals surface area contributed by atoms with Crippen LogP contribution in [-0.2, 0) is 0 Å². The Morgan fingerprint density at radius 2 is 1.76 bits per heavy atom. The molecule has 29 heavy (non-hydrogen) atoms. The largest absolute Gasteiger partial charge is 0.496 e. The summed E-state index contributed by atoms with van der Waals surface area (Å²) in [5.74, 6) is 0.489. The van der Waals surface area contributed by atoms with Crippen molar-refractivity contribution in [2.45, 2.75) is 0 Å². The van der Waals surface area contributed by atoms with Gasteiger partial charge in [0.1, 0.15) is 17.4 Å². The van der Waals surface area contributed by atoms with Gasteiger partial charge in [0, 0.05) is 35.7 Å². The molecule has 1 N–H and O–H groups in total. The minimum atomic E-state index is -0.476. The Kier molecular flexibility index (Phi) is 4.74. The second kappa shape index (κ2) is 7.51. The van der Waals surface area contributed by atoms with Gasteiger partial charge in [0.2, 0.25) is 0 Å². The Morgan fingerprint density at radius 3 is 2.41 bits per heavy atom. The van der Waals surface area contributed by atoms with Crippen LogP contribution in [0.2, 0.25) is 0 Å². The van der Waals surface area contributed by atoms with E-state index in [2.05, 4.69) is 15.0 Å². The smallest absolute Gasteiger partial charge is 0.270 e. The number of nitrogens with zero attached hydrogens (tertiary/aromatic N) is 3. The van der Waals surface area contributed by atoms with Gasteiger partial charge < -0.3 is 9.72 Å². The number of aromatic nitrogens is 3. The van der Waals surface area contributed by atoms with Crippen LogP contribution < -0.4 is 4.74 Å². The van der Waals surface area contributed by atoms with Crippen molar-refractivity contribution in [1.82, 2.24) is 15.0 Å². The number of pyridine rings is 1. The molecule has 8 heteroatoms. The predicted molar refractivity (Wildman–Crippen MR) is 106 cm³/mol. The van der Waals surface area contributed by atoms with Crippen molar-refractivity contribution >= 4 is 5.69 Å². The van der Waals surface area contributed by atoms with Crippen LogP contribution in [0.5, 0.6) is 5.75 Å². The Balaban J connectivity index is 1.94. The highest BCUT2D eigenvalue weighted by Crippen LogP contribution is 2.37. The molecule has 2 aromatic heterocycles. The van der Waals surface area contributed by atoms with Gasteiger partial charge in [0.15, 0.2) is 0 Å². The van der Waals surface area contributed by atoms with Crippen LogP contribution in [0.1, 0.15) is 0 Å². The van der Waals surface area contributed by atoms with Crippen molar-refractivity contribution < 1.29 is 14.1 Å². The first kappa shape index (κ1) is 18.3. The molecule has 0 fully saturated rings. The molecule has 0 atom stereocenters. The predicted octanol–water partition coefficient (Wildman–Crippen LogP) is 4.86. The number of halogens is 1. The van der Waals surface area contributed by atoms with E-state index in [-0.39, 0.29) is 11.5 Å². The molecule has 0 spiro atoms. The molecule has 4 rings (SSSR count). The van der Waals surface area contributed by atoms with Crippen molar-refractivity contribution in [1.29, 1.82) is 0 Å². The van der Waals surface area contributed by atoms with Gasteiger partial charge >= 0.3 is 0 Å². The minimum Gasteiger partial charge on any atom is -0.496 e. The van der Waals surface area contributed by atoms with E-state index in [4.69, 9.17) is 4.74 Å². The number of hydrogen-bond donors (Lipinski definition) is 1. The fourth-order valence-electron chi connectivity index (χ4n) is 3.04. The number of methoxy groups -OCH3 is 1. The SMILES string of the molecule is COc1ccc([N+](=O)[O-])cc1-c1nc(-c2ccc(F)cc2)c(-c2ccncc2)[nH]1. The molecule has 0 bridgehead atoms. The number of nitro groups is 1. The molecular formula is C21H15FN4O3. The van der Waals surface area contributed by atoms with Crippen molar-refractivity contribution in [2.75, 3.05) is 7.11 Å². The molecule has 0 saturated heterocycles. The molecule has 0 aliphatic heterocycles. The maximum Gasteiger partial charge on any atom is 0.270 e. The highest BCUT2D eigenvalue weighted by atomic mass is 19.1. The first-order valence-corrected chi connectivity index (χ1v) is 8.66. The van der Waals surface area contributed by atoms with Crippen molar-refractivity contribution in [2.24, 2.45) is 0 Å². The summed E-state index contributed by atoms with van der Waals surface area (Å²) in [6.45, 7) is 0. The fourth-order valence-corrected chi connectivity index (χ4v) is 3.04. The highest BCUT2D eigenvalue weighted by molar-refractivity contribution is 5.82. The zero-order chi connectivity index (χ0) is 20.4. The average Bonchev–Trinajstić information content (AvgIpc) is 3.19. The molecule has 7 nitrogen and oxygen atoms in total. The second-order valence-corrected chi connectivity index (χ2v) is 6.19. The molecule has 144 valence electrons. The number of benzene rings is 2. The maximum atomic E-state index is 13.4. The molecule has 4 aromatic rings. The van der Waals surface area contributed by atoms with Crippen LogP contribution in [0, 0.1) is 15.9 Å². The lowest BCUT2D eigenvalue weighted by atomic mass is 10.1. The maximum absolute atomic E-state index is 13.4. The summed E-state index contributed by atoms with van der Waals surface area (Å²) in [5.41, 5.74) is 3.16. The molecule has 0 amide bonds. The van der Waals surface area contributed by atoms with E-state index in [0.29, 0.717) is 34.1 Å². The zero-order valence-electron chi connectivity index (χ0n) is 15.3. The molecule has 0 aliphatic carbocycles. The third kappa shape index (κ3) is 3.55. The average molecular weight is 390 g/mol. The first-order chi connectivity index (χ1) is 14.1. The van der Waals surface area contributed by atoms with E-state index >= 15 is 0 Å². The number of rotatable bonds is 5. The van der Waals surface area contributed by atoms with Crippen LogP contribution >= 0.6 is 0 Å². The standard InChI is InChI=1S/C21H15FN4O3/c1-29-18-7-6-16(26(27)28)12-17(18)21-24-19(13-2-4-15(22)5-3-13)20(25-21)14-8-10-23-11-9-14/h2-12H,1H3,(H,24,25). The summed E-state index contributed by atoms with van der Waals surface area (Å²) in [4.78, 5) is 22.7. The van der Waals surface area contributed by atoms with E-state index < -0.39 is 4.92 Å². The van der Waals surface area contributed by atoms with Gasteiger partial charge in [0.25, 0.3) is 5.69 Å². The van der Waals surface area contributed by atoms with Gasteiger partial charge in [-0.25, -0.2) is 9.37 Å². The van der Waals surface area contributed by atoms with Gasteiger partial charge in [-0.2, -0.15) is 0 Å². The number of hydrogen-bond acceptors (Lipinski definition) is 5. The van der Waals surface area contributed by atoms with E-state index in [1.54, 1.807) is 24.5 Å². The minimum absolute atomic E-state index is 0.0778. The van der Waals surface area contributed by atoms with Gasteiger partial charge in [-0.15, -0.1) is 0 Å². The van der Waals surface area contributed by atoms with Crippen LogP contribution in [-0.4, -0.2) is 27.0 Å². The van der Waals surface area contributed by atoms with E-state index in [9.17, 15) is 14.5 Å². The first-order valence-electron chi connectivity index (χ1n) is 8.66. The number of aromatic amines is 1. The number of nitrogens with one attached hydrogen (secondary N) is 1. The molecule has 0 saturated carbocycles. The quantitative estimate of drug-likeness (QED) is 0.388. The Bertz CT molecular complexity index is 1170. The Labute approximate surface area is 165 Å². The molecule has 2 heterocycles. The molecular weight excluding hydrogens is 375 g/mol. The van der Waals surface area contributed by atoms with Crippen LogP contribution in [0.15, 0.2) is 67.0 Å². The number of non-ortho nitro benzene ring substituents is 1. The van der Waals surface area contributed by atoms with Crippen LogP contribution in [0.25, 0.3) is 33.9 Å². The summed E-state index contributed by atoms with van der Waals surface area (Å²) < 4.78 is 18.8. The van der Waals surface area contributed by atoms with Crippen molar-refractivity contribution in [3.05, 3.63) is 82.9 Å². The summed E-state index contributed by atoms with van der Waals surface area (Å²) >= 11 is 0. The zero-order valence-corrected chi connectivity index (χ0v) is 15.3.